The molecule has 0 spiro atoms. The minimum atomic E-state index is 0.388. The summed E-state index contributed by atoms with van der Waals surface area (Å²) in [6, 6.07) is 2.32. The monoisotopic (exact) mass is 180 g/mol. The lowest BCUT2D eigenvalue weighted by Crippen LogP contribution is -2.12. The molecule has 0 aliphatic rings. The van der Waals surface area contributed by atoms with Crippen molar-refractivity contribution in [2.24, 2.45) is 0 Å². The molecule has 0 fully saturated rings. The van der Waals surface area contributed by atoms with Gasteiger partial charge in [0.05, 0.1) is 0 Å². The van der Waals surface area contributed by atoms with E-state index in [2.05, 4.69) is 34.4 Å². The lowest BCUT2D eigenvalue weighted by Gasteiger charge is -2.10. The van der Waals surface area contributed by atoms with Crippen LogP contribution in [0.3, 0.4) is 0 Å². The maximum absolute atomic E-state index is 4.26. The quantitative estimate of drug-likeness (QED) is 0.742. The number of aromatic nitrogens is 2. The molecule has 0 aliphatic carbocycles. The van der Waals surface area contributed by atoms with E-state index in [1.165, 1.54) is 0 Å². The molecular weight excluding hydrogens is 164 g/mol. The van der Waals surface area contributed by atoms with Crippen LogP contribution in [-0.2, 0) is 0 Å². The Morgan fingerprint density at radius 3 is 2.54 bits per heavy atom. The third-order valence-corrected chi connectivity index (χ3v) is 1.51. The van der Waals surface area contributed by atoms with Crippen LogP contribution in [-0.4, -0.2) is 23.1 Å². The van der Waals surface area contributed by atoms with Crippen LogP contribution < -0.4 is 10.6 Å². The predicted molar refractivity (Wildman–Crippen MR) is 55.1 cm³/mol. The average molecular weight is 180 g/mol. The largest absolute Gasteiger partial charge is 0.368 e. The second-order valence-electron chi connectivity index (χ2n) is 3.27. The van der Waals surface area contributed by atoms with E-state index in [9.17, 15) is 0 Å². The van der Waals surface area contributed by atoms with Crippen molar-refractivity contribution in [1.82, 2.24) is 9.97 Å². The van der Waals surface area contributed by atoms with E-state index in [0.29, 0.717) is 12.0 Å². The molecule has 0 atom stereocenters. The fourth-order valence-corrected chi connectivity index (χ4v) is 1.05. The predicted octanol–water partition coefficient (Wildman–Crippen LogP) is 1.65. The Bertz CT molecular complexity index is 283. The maximum Gasteiger partial charge on any atom is 0.224 e. The van der Waals surface area contributed by atoms with E-state index in [4.69, 9.17) is 0 Å². The van der Waals surface area contributed by atoms with Gasteiger partial charge in [-0.3, -0.25) is 0 Å². The van der Waals surface area contributed by atoms with Crippen LogP contribution in [0.25, 0.3) is 0 Å². The topological polar surface area (TPSA) is 49.8 Å². The molecule has 0 aromatic carbocycles. The molecule has 0 amide bonds. The van der Waals surface area contributed by atoms with Gasteiger partial charge in [0.1, 0.15) is 5.82 Å². The molecule has 72 valence electrons. The lowest BCUT2D eigenvalue weighted by atomic mass is 10.3. The van der Waals surface area contributed by atoms with Crippen molar-refractivity contribution in [3.05, 3.63) is 11.8 Å². The summed E-state index contributed by atoms with van der Waals surface area (Å²) < 4.78 is 0. The van der Waals surface area contributed by atoms with Crippen LogP contribution >= 0.6 is 0 Å². The number of nitrogens with one attached hydrogen (secondary N) is 2. The summed E-state index contributed by atoms with van der Waals surface area (Å²) in [7, 11) is 1.81. The summed E-state index contributed by atoms with van der Waals surface area (Å²) in [6.07, 6.45) is 0. The Balaban J connectivity index is 2.88. The molecule has 4 nitrogen and oxygen atoms in total. The Kier molecular flexibility index (Phi) is 3.06. The van der Waals surface area contributed by atoms with Crippen LogP contribution in [0, 0.1) is 6.92 Å². The Morgan fingerprint density at radius 2 is 2.00 bits per heavy atom. The minimum Gasteiger partial charge on any atom is -0.368 e. The molecule has 0 unspecified atom stereocenters. The average Bonchev–Trinajstić information content (AvgIpc) is 2.01. The number of anilines is 2. The van der Waals surface area contributed by atoms with Gasteiger partial charge < -0.3 is 10.6 Å². The van der Waals surface area contributed by atoms with Gasteiger partial charge in [-0.15, -0.1) is 0 Å². The van der Waals surface area contributed by atoms with Crippen molar-refractivity contribution in [3.8, 4) is 0 Å². The molecule has 0 saturated heterocycles. The second kappa shape index (κ2) is 4.07. The van der Waals surface area contributed by atoms with E-state index < -0.39 is 0 Å². The number of nitrogens with zero attached hydrogens (tertiary/aromatic N) is 2. The van der Waals surface area contributed by atoms with Crippen molar-refractivity contribution >= 4 is 11.8 Å². The zero-order valence-corrected chi connectivity index (χ0v) is 8.55. The molecule has 13 heavy (non-hydrogen) atoms. The summed E-state index contributed by atoms with van der Waals surface area (Å²) in [5, 5.41) is 6.15. The number of aryl methyl sites for hydroxylation is 1. The summed E-state index contributed by atoms with van der Waals surface area (Å²) in [5.74, 6) is 1.52. The smallest absolute Gasteiger partial charge is 0.224 e. The van der Waals surface area contributed by atoms with Gasteiger partial charge in [-0.1, -0.05) is 0 Å². The van der Waals surface area contributed by atoms with Crippen LogP contribution in [0.5, 0.6) is 0 Å². The van der Waals surface area contributed by atoms with Gasteiger partial charge in [-0.05, 0) is 20.8 Å². The second-order valence-corrected chi connectivity index (χ2v) is 3.27. The first-order valence-corrected chi connectivity index (χ1v) is 4.42. The van der Waals surface area contributed by atoms with Gasteiger partial charge in [0.15, 0.2) is 0 Å². The first-order chi connectivity index (χ1) is 6.11. The lowest BCUT2D eigenvalue weighted by molar-refractivity contribution is 0.885. The maximum atomic E-state index is 4.26. The van der Waals surface area contributed by atoms with E-state index in [1.807, 2.05) is 20.0 Å². The highest BCUT2D eigenvalue weighted by molar-refractivity contribution is 5.42. The van der Waals surface area contributed by atoms with Crippen molar-refractivity contribution in [1.29, 1.82) is 0 Å². The van der Waals surface area contributed by atoms with Gasteiger partial charge in [0.25, 0.3) is 0 Å². The van der Waals surface area contributed by atoms with E-state index in [0.717, 1.165) is 11.5 Å². The van der Waals surface area contributed by atoms with Gasteiger partial charge in [-0.25, -0.2) is 4.98 Å². The fourth-order valence-electron chi connectivity index (χ4n) is 1.05. The van der Waals surface area contributed by atoms with E-state index in [-0.39, 0.29) is 0 Å². The van der Waals surface area contributed by atoms with Gasteiger partial charge in [-0.2, -0.15) is 4.98 Å². The summed E-state index contributed by atoms with van der Waals surface area (Å²) in [4.78, 5) is 8.46. The third kappa shape index (κ3) is 2.89. The van der Waals surface area contributed by atoms with Crippen molar-refractivity contribution in [2.75, 3.05) is 17.7 Å². The third-order valence-electron chi connectivity index (χ3n) is 1.51. The normalized spacial score (nSPS) is 10.2. The van der Waals surface area contributed by atoms with Gasteiger partial charge in [0, 0.05) is 24.8 Å². The first-order valence-electron chi connectivity index (χ1n) is 4.42. The van der Waals surface area contributed by atoms with E-state index >= 15 is 0 Å². The molecule has 0 saturated carbocycles. The standard InChI is InChI=1S/C9H16N4/c1-6(2)11-8-5-7(3)12-9(10-4)13-8/h5-6H,1-4H3,(H2,10,11,12,13). The highest BCUT2D eigenvalue weighted by Crippen LogP contribution is 2.09. The first kappa shape index (κ1) is 9.77. The van der Waals surface area contributed by atoms with Crippen LogP contribution in [0.15, 0.2) is 6.07 Å². The van der Waals surface area contributed by atoms with Crippen molar-refractivity contribution in [3.63, 3.8) is 0 Å². The number of hydrogen-bond acceptors (Lipinski definition) is 4. The molecule has 0 radical (unpaired) electrons. The Hall–Kier alpha value is -1.32. The molecule has 1 rings (SSSR count). The fraction of sp³-hybridized carbons (Fsp3) is 0.556. The van der Waals surface area contributed by atoms with Crippen LogP contribution in [0.4, 0.5) is 11.8 Å². The van der Waals surface area contributed by atoms with Gasteiger partial charge in [0.2, 0.25) is 5.95 Å². The Morgan fingerprint density at radius 1 is 1.31 bits per heavy atom. The molecule has 0 aliphatic heterocycles. The summed E-state index contributed by atoms with van der Waals surface area (Å²) in [5.41, 5.74) is 0.961. The molecule has 1 aromatic heterocycles. The van der Waals surface area contributed by atoms with Crippen molar-refractivity contribution < 1.29 is 0 Å². The molecule has 1 heterocycles. The Labute approximate surface area is 78.8 Å². The molecule has 0 bridgehead atoms. The molecule has 2 N–H and O–H groups in total. The molecular formula is C9H16N4. The highest BCUT2D eigenvalue weighted by atomic mass is 15.1. The highest BCUT2D eigenvalue weighted by Gasteiger charge is 2.00. The van der Waals surface area contributed by atoms with Crippen molar-refractivity contribution in [2.45, 2.75) is 26.8 Å². The number of hydrogen-bond donors (Lipinski definition) is 2. The summed E-state index contributed by atoms with van der Waals surface area (Å²) in [6.45, 7) is 6.11. The van der Waals surface area contributed by atoms with Crippen LogP contribution in [0.2, 0.25) is 0 Å². The molecule has 4 heteroatoms. The molecule has 1 aromatic rings. The minimum absolute atomic E-state index is 0.388. The van der Waals surface area contributed by atoms with Crippen LogP contribution in [0.1, 0.15) is 19.5 Å². The zero-order chi connectivity index (χ0) is 9.84. The number of rotatable bonds is 3. The SMILES string of the molecule is CNc1nc(C)cc(NC(C)C)n1. The zero-order valence-electron chi connectivity index (χ0n) is 8.55. The van der Waals surface area contributed by atoms with Gasteiger partial charge >= 0.3 is 0 Å². The summed E-state index contributed by atoms with van der Waals surface area (Å²) >= 11 is 0. The van der Waals surface area contributed by atoms with E-state index in [1.54, 1.807) is 0 Å².